The van der Waals surface area contributed by atoms with Crippen molar-refractivity contribution >= 4 is 43.5 Å². The molecule has 0 radical (unpaired) electrons. The van der Waals surface area contributed by atoms with Crippen molar-refractivity contribution in [1.82, 2.24) is 0 Å². The summed E-state index contributed by atoms with van der Waals surface area (Å²) in [6.07, 6.45) is 7.36. The Hall–Kier alpha value is -0.594. The van der Waals surface area contributed by atoms with Crippen LogP contribution < -0.4 is 6.54 Å². The molecule has 194 valence electrons. The molecular formula is C32H44Cl2GeZr. The van der Waals surface area contributed by atoms with E-state index in [9.17, 15) is 0 Å². The van der Waals surface area contributed by atoms with E-state index in [1.807, 2.05) is 0 Å². The second-order valence-electron chi connectivity index (χ2n) is 12.7. The van der Waals surface area contributed by atoms with Crippen LogP contribution in [0.3, 0.4) is 0 Å². The Balaban J connectivity index is 0.00000228. The number of benzene rings is 2. The first-order valence-corrected chi connectivity index (χ1v) is 28.2. The molecule has 2 aromatic carbocycles. The van der Waals surface area contributed by atoms with Crippen LogP contribution in [0.5, 0.6) is 0 Å². The second kappa shape index (κ2) is 10.9. The Morgan fingerprint density at radius 1 is 0.583 bits per heavy atom. The summed E-state index contributed by atoms with van der Waals surface area (Å²) >= 11 is -2.77. The SMILES string of the molecule is CC1=[C]([Zr](=[GeH2])([C]2=C(C)C=C(C(C)(C)C)C2)([c]2ccccc2)[c]2ccccc2)CC(C(C)(C)C)=C1.Cl.Cl. The van der Waals surface area contributed by atoms with Crippen LogP contribution in [0.4, 0.5) is 0 Å². The molecule has 0 unspecified atom stereocenters. The Labute approximate surface area is 238 Å². The minimum atomic E-state index is -4.09. The van der Waals surface area contributed by atoms with Crippen LogP contribution in [0.1, 0.15) is 68.2 Å². The number of hydrogen-bond acceptors (Lipinski definition) is 0. The van der Waals surface area contributed by atoms with E-state index in [1.165, 1.54) is 12.1 Å². The molecule has 0 nitrogen and oxygen atoms in total. The van der Waals surface area contributed by atoms with Gasteiger partial charge in [0.2, 0.25) is 0 Å². The van der Waals surface area contributed by atoms with Crippen molar-refractivity contribution in [3.8, 4) is 0 Å². The van der Waals surface area contributed by atoms with Gasteiger partial charge in [-0.3, -0.25) is 0 Å². The number of rotatable bonds is 4. The molecule has 0 atom stereocenters. The van der Waals surface area contributed by atoms with E-state index >= 15 is 0 Å². The first kappa shape index (κ1) is 31.6. The fourth-order valence-electron chi connectivity index (χ4n) is 6.34. The molecule has 0 spiro atoms. The monoisotopic (exact) mass is 662 g/mol. The normalized spacial score (nSPS) is 16.9. The molecule has 36 heavy (non-hydrogen) atoms. The summed E-state index contributed by atoms with van der Waals surface area (Å²) in [5, 5.41) is 0. The van der Waals surface area contributed by atoms with Gasteiger partial charge in [-0.1, -0.05) is 0 Å². The van der Waals surface area contributed by atoms with Crippen LogP contribution in [0, 0.1) is 10.8 Å². The molecule has 2 aliphatic carbocycles. The Morgan fingerprint density at radius 2 is 0.889 bits per heavy atom. The van der Waals surface area contributed by atoms with Gasteiger partial charge in [-0.15, -0.1) is 24.8 Å². The summed E-state index contributed by atoms with van der Waals surface area (Å²) in [5.74, 6) is 0. The van der Waals surface area contributed by atoms with Gasteiger partial charge in [0.1, 0.15) is 0 Å². The quantitative estimate of drug-likeness (QED) is 0.291. The van der Waals surface area contributed by atoms with Gasteiger partial charge in [-0.05, 0) is 0 Å². The summed E-state index contributed by atoms with van der Waals surface area (Å²) in [4.78, 5) is 0. The second-order valence-corrected chi connectivity index (χ2v) is 43.2. The summed E-state index contributed by atoms with van der Waals surface area (Å²) < 4.78 is 6.85. The molecule has 0 amide bonds. The topological polar surface area (TPSA) is 0 Å². The van der Waals surface area contributed by atoms with Gasteiger partial charge in [-0.2, -0.15) is 0 Å². The van der Waals surface area contributed by atoms with Crippen molar-refractivity contribution in [3.63, 3.8) is 0 Å². The zero-order valence-corrected chi connectivity index (χ0v) is 30.4. The zero-order valence-electron chi connectivity index (χ0n) is 23.4. The predicted octanol–water partition coefficient (Wildman–Crippen LogP) is 8.02. The minimum Gasteiger partial charge on any atom is -0.147 e. The Morgan fingerprint density at radius 3 is 1.14 bits per heavy atom. The van der Waals surface area contributed by atoms with E-state index in [0.29, 0.717) is 0 Å². The van der Waals surface area contributed by atoms with Gasteiger partial charge >= 0.3 is 215 Å². The molecule has 0 aliphatic heterocycles. The number of allylic oxidation sites excluding steroid dienone is 8. The average Bonchev–Trinajstić information content (AvgIpc) is 3.38. The van der Waals surface area contributed by atoms with E-state index in [2.05, 4.69) is 128 Å². The number of hydrogen-bond donors (Lipinski definition) is 0. The van der Waals surface area contributed by atoms with Gasteiger partial charge in [0.25, 0.3) is 0 Å². The molecule has 0 heterocycles. The van der Waals surface area contributed by atoms with Gasteiger partial charge in [0, 0.05) is 0 Å². The van der Waals surface area contributed by atoms with E-state index in [4.69, 9.17) is 0 Å². The molecule has 0 fully saturated rings. The van der Waals surface area contributed by atoms with Crippen molar-refractivity contribution in [2.75, 3.05) is 0 Å². The summed E-state index contributed by atoms with van der Waals surface area (Å²) in [6, 6.07) is 23.4. The van der Waals surface area contributed by atoms with Crippen molar-refractivity contribution < 1.29 is 15.7 Å². The maximum atomic E-state index is 2.55. The van der Waals surface area contributed by atoms with Gasteiger partial charge in [0.15, 0.2) is 0 Å². The molecule has 4 rings (SSSR count). The smallest absolute Gasteiger partial charge is 0.147 e. The first-order chi connectivity index (χ1) is 15.8. The third-order valence-corrected chi connectivity index (χ3v) is 46.5. The van der Waals surface area contributed by atoms with E-state index in [0.717, 1.165) is 12.8 Å². The molecule has 0 saturated heterocycles. The molecular weight excluding hydrogens is 619 g/mol. The third-order valence-electron chi connectivity index (χ3n) is 8.55. The largest absolute Gasteiger partial charge is 0.147 e. The Bertz CT molecular complexity index is 1210. The van der Waals surface area contributed by atoms with E-state index < -0.39 is 15.7 Å². The van der Waals surface area contributed by atoms with E-state index in [1.54, 1.807) is 35.4 Å². The molecule has 2 aromatic rings. The van der Waals surface area contributed by atoms with Crippen LogP contribution in [-0.2, 0) is 15.7 Å². The maximum absolute atomic E-state index is 4.09. The fraction of sp³-hybridized carbons (Fsp3) is 0.375. The van der Waals surface area contributed by atoms with Crippen molar-refractivity contribution in [2.24, 2.45) is 10.8 Å². The molecule has 4 heteroatoms. The fourth-order valence-corrected chi connectivity index (χ4v) is 39.4. The Kier molecular flexibility index (Phi) is 9.56. The molecule has 2 aliphatic rings. The van der Waals surface area contributed by atoms with Crippen LogP contribution in [0.2, 0.25) is 0 Å². The van der Waals surface area contributed by atoms with Gasteiger partial charge in [0.05, 0.1) is 0 Å². The predicted molar refractivity (Wildman–Crippen MR) is 165 cm³/mol. The molecule has 0 saturated carbocycles. The average molecular weight is 663 g/mol. The van der Waals surface area contributed by atoms with Crippen LogP contribution in [-0.4, -0.2) is 12.1 Å². The molecule has 0 aromatic heterocycles. The summed E-state index contributed by atoms with van der Waals surface area (Å²) in [6.45, 7) is 19.1. The van der Waals surface area contributed by atoms with Crippen molar-refractivity contribution in [3.05, 3.63) is 102 Å². The zero-order chi connectivity index (χ0) is 25.0. The molecule has 0 bridgehead atoms. The van der Waals surface area contributed by atoms with Crippen LogP contribution in [0.25, 0.3) is 0 Å². The minimum absolute atomic E-state index is 0. The van der Waals surface area contributed by atoms with Crippen molar-refractivity contribution in [1.29, 1.82) is 0 Å². The summed E-state index contributed by atoms with van der Waals surface area (Å²) in [5.41, 5.74) is 6.66. The number of halogens is 2. The van der Waals surface area contributed by atoms with Crippen LogP contribution in [0.15, 0.2) is 102 Å². The van der Waals surface area contributed by atoms with Crippen LogP contribution >= 0.6 is 24.8 Å². The first-order valence-electron chi connectivity index (χ1n) is 12.7. The van der Waals surface area contributed by atoms with Gasteiger partial charge < -0.3 is 0 Å². The van der Waals surface area contributed by atoms with Gasteiger partial charge in [-0.25, -0.2) is 0 Å². The van der Waals surface area contributed by atoms with E-state index in [-0.39, 0.29) is 35.6 Å². The summed E-state index contributed by atoms with van der Waals surface area (Å²) in [7, 11) is 0. The maximum Gasteiger partial charge on any atom is -0.147 e. The standard InChI is InChI=1S/2C10H15.2C6H5.2ClH.GeH2.Zr/c2*1-8-5-6-9(7-8)10(2,3)4;2*1-2-4-6-5-3-1;;;;/h2*7H,6H2,1-4H3;2*1-5H;2*1H;1H2;. The molecule has 0 N–H and O–H groups in total. The van der Waals surface area contributed by atoms with Crippen molar-refractivity contribution in [2.45, 2.75) is 68.2 Å². The third kappa shape index (κ3) is 5.04.